The van der Waals surface area contributed by atoms with Crippen LogP contribution in [0, 0.1) is 18.8 Å². The summed E-state index contributed by atoms with van der Waals surface area (Å²) in [5.74, 6) is 1.99. The van der Waals surface area contributed by atoms with E-state index in [-0.39, 0.29) is 37.3 Å². The third-order valence-electron chi connectivity index (χ3n) is 16.7. The summed E-state index contributed by atoms with van der Waals surface area (Å²) in [5, 5.41) is 7.47. The van der Waals surface area contributed by atoms with E-state index in [2.05, 4.69) is 332 Å². The number of para-hydroxylation sites is 1. The fraction of sp³-hybridized carbons (Fsp3) is 0.154. The smallest absolute Gasteiger partial charge is 0.179 e. The second-order valence-electron chi connectivity index (χ2n) is 25.4. The number of fused-ring (bicyclic) bond motifs is 4. The normalized spacial score (nSPS) is 12.8. The maximum Gasteiger partial charge on any atom is 0.179 e. The summed E-state index contributed by atoms with van der Waals surface area (Å²) < 4.78 is 9.23. The van der Waals surface area contributed by atoms with Crippen LogP contribution in [0.5, 0.6) is 11.5 Å². The van der Waals surface area contributed by atoms with Crippen molar-refractivity contribution >= 4 is 73.4 Å². The van der Waals surface area contributed by atoms with Crippen molar-refractivity contribution in [1.82, 2.24) is 9.55 Å². The second-order valence-corrected chi connectivity index (χ2v) is 29.2. The van der Waals surface area contributed by atoms with E-state index in [4.69, 9.17) is 9.72 Å². The van der Waals surface area contributed by atoms with Gasteiger partial charge in [-0.05, 0) is 118 Å². The summed E-state index contributed by atoms with van der Waals surface area (Å²) in [6.07, 6.45) is 1.94. The molecule has 13 rings (SSSR count). The maximum absolute atomic E-state index is 6.96. The van der Waals surface area contributed by atoms with Gasteiger partial charge in [-0.3, -0.25) is 0 Å². The molecule has 424 valence electrons. The molecule has 7 heteroatoms. The van der Waals surface area contributed by atoms with Gasteiger partial charge in [-0.2, -0.15) is 12.1 Å². The number of hydrogen-bond donors (Lipinski definition) is 0. The summed E-state index contributed by atoms with van der Waals surface area (Å²) >= 11 is 0. The maximum atomic E-state index is 6.96. The van der Waals surface area contributed by atoms with Gasteiger partial charge in [0.25, 0.3) is 0 Å². The van der Waals surface area contributed by atoms with Crippen molar-refractivity contribution in [2.24, 2.45) is 0 Å². The van der Waals surface area contributed by atoms with Crippen LogP contribution >= 0.6 is 0 Å². The van der Waals surface area contributed by atoms with Gasteiger partial charge in [0.1, 0.15) is 5.82 Å². The largest absolute Gasteiger partial charge is 0.509 e. The Balaban J connectivity index is 0.00000709. The Kier molecular flexibility index (Phi) is 15.0. The molecule has 0 saturated heterocycles. The quantitative estimate of drug-likeness (QED) is 0.0734. The minimum Gasteiger partial charge on any atom is -0.509 e. The zero-order valence-corrected chi connectivity index (χ0v) is 53.0. The van der Waals surface area contributed by atoms with Crippen LogP contribution in [0.15, 0.2) is 249 Å². The molecule has 0 saturated carbocycles. The van der Waals surface area contributed by atoms with E-state index in [1.54, 1.807) is 0 Å². The molecule has 0 bridgehead atoms. The van der Waals surface area contributed by atoms with Gasteiger partial charge in [-0.25, -0.2) is 4.98 Å². The topological polar surface area (TPSA) is 33.5 Å². The molecule has 0 fully saturated rings. The molecule has 0 N–H and O–H groups in total. The molecule has 10 aromatic carbocycles. The molecule has 1 aliphatic heterocycles. The number of rotatable bonds is 11. The number of pyridine rings is 1. The number of anilines is 4. The number of hydrogen-bond acceptors (Lipinski definition) is 4. The van der Waals surface area contributed by atoms with Gasteiger partial charge in [0.15, 0.2) is 8.07 Å². The zero-order chi connectivity index (χ0) is 58.0. The van der Waals surface area contributed by atoms with Crippen molar-refractivity contribution in [3.05, 3.63) is 284 Å². The molecule has 2 aromatic heterocycles. The molecular weight excluding hydrogens is 1230 g/mol. The summed E-state index contributed by atoms with van der Waals surface area (Å²) in [7, 11) is -2.86. The average Bonchev–Trinajstić information content (AvgIpc) is 1.97. The van der Waals surface area contributed by atoms with Gasteiger partial charge >= 0.3 is 0 Å². The molecule has 0 aliphatic carbocycles. The van der Waals surface area contributed by atoms with Crippen LogP contribution in [0.1, 0.15) is 79.0 Å². The van der Waals surface area contributed by atoms with E-state index in [1.807, 2.05) is 12.3 Å². The van der Waals surface area contributed by atoms with Crippen molar-refractivity contribution in [2.75, 3.05) is 9.80 Å². The van der Waals surface area contributed by atoms with E-state index >= 15 is 0 Å². The van der Waals surface area contributed by atoms with Gasteiger partial charge in [-0.1, -0.05) is 238 Å². The Hall–Kier alpha value is -8.54. The fourth-order valence-corrected chi connectivity index (χ4v) is 17.0. The summed E-state index contributed by atoms with van der Waals surface area (Å²) in [4.78, 5) is 9.73. The molecule has 0 spiro atoms. The van der Waals surface area contributed by atoms with E-state index in [0.717, 1.165) is 61.5 Å². The monoisotopic (exact) mass is 1300 g/mol. The second kappa shape index (κ2) is 22.5. The first-order valence-corrected chi connectivity index (χ1v) is 31.3. The molecule has 0 amide bonds. The average molecular weight is 1300 g/mol. The Bertz CT molecular complexity index is 4260. The Morgan fingerprint density at radius 1 is 0.435 bits per heavy atom. The first-order chi connectivity index (χ1) is 40.5. The SMILES string of the molecule is CC(C)(C)c1cc(N2[CH-]N(c3[c-]c(Oc4[c-]c5c(cc4)c4cc([Si](c6ccccc6)(c6ccccc6)c6ccccc6)ccc4n5-c4cc(C(C)(C)C)ccn4)ccc3)c3cccc(-c4cccc(-c5ccccc5)c4)c32)cc(C(C)(C)C)c1.[Pt]. The van der Waals surface area contributed by atoms with Crippen LogP contribution in [-0.4, -0.2) is 17.6 Å². The molecule has 0 unspecified atom stereocenters. The van der Waals surface area contributed by atoms with Crippen LogP contribution in [0.4, 0.5) is 22.7 Å². The van der Waals surface area contributed by atoms with Crippen molar-refractivity contribution in [1.29, 1.82) is 0 Å². The van der Waals surface area contributed by atoms with E-state index in [1.165, 1.54) is 48.6 Å². The number of ether oxygens (including phenoxy) is 1. The van der Waals surface area contributed by atoms with Crippen molar-refractivity contribution in [3.8, 4) is 39.6 Å². The van der Waals surface area contributed by atoms with Crippen molar-refractivity contribution in [3.63, 3.8) is 0 Å². The number of benzene rings is 10. The molecular formula is C78H69N4OPtSi-3. The third-order valence-corrected chi connectivity index (χ3v) is 21.5. The molecule has 12 aromatic rings. The zero-order valence-electron chi connectivity index (χ0n) is 49.8. The first-order valence-electron chi connectivity index (χ1n) is 29.3. The van der Waals surface area contributed by atoms with Crippen molar-refractivity contribution < 1.29 is 25.8 Å². The van der Waals surface area contributed by atoms with Gasteiger partial charge in [0, 0.05) is 66.9 Å². The summed E-state index contributed by atoms with van der Waals surface area (Å²) in [6, 6.07) is 96.1. The predicted molar refractivity (Wildman–Crippen MR) is 355 cm³/mol. The Labute approximate surface area is 517 Å². The molecule has 3 heterocycles. The van der Waals surface area contributed by atoms with Gasteiger partial charge < -0.3 is 19.1 Å². The van der Waals surface area contributed by atoms with Crippen LogP contribution in [-0.2, 0) is 37.3 Å². The number of nitrogens with zero attached hydrogens (tertiary/aromatic N) is 4. The van der Waals surface area contributed by atoms with Gasteiger partial charge in [0.2, 0.25) is 0 Å². The minimum absolute atomic E-state index is 0. The van der Waals surface area contributed by atoms with Crippen LogP contribution in [0.3, 0.4) is 0 Å². The Morgan fingerprint density at radius 2 is 1.00 bits per heavy atom. The van der Waals surface area contributed by atoms with E-state index in [9.17, 15) is 0 Å². The third kappa shape index (κ3) is 10.7. The molecule has 5 nitrogen and oxygen atoms in total. The standard InChI is InChI=1S/C78H69N4OSi.Pt/c1-76(2,3)57-43-44-79-74(49-57)82-71-42-40-67(84(64-31-16-11-17-32-64,65-33-18-12-19-34-65)66-35-20-13-21-36-66)52-70(71)69-41-39-63(51-73(69)82)83-62-30-23-29-60(50-62)80-53-81(61-47-58(77(4,5)6)46-59(48-61)78(7,8)9)75-68(37-24-38-72(75)80)56-28-22-27-55(45-56)54-25-14-10-15-26-54;/h10-49,52-53H,1-9H3;/q-3;. The van der Waals surface area contributed by atoms with E-state index in [0.29, 0.717) is 11.5 Å². The molecule has 1 aliphatic rings. The van der Waals surface area contributed by atoms with E-state index < -0.39 is 8.07 Å². The fourth-order valence-electron chi connectivity index (χ4n) is 12.2. The van der Waals surface area contributed by atoms with Crippen LogP contribution in [0.2, 0.25) is 0 Å². The van der Waals surface area contributed by atoms with Gasteiger partial charge in [0.05, 0.1) is 0 Å². The van der Waals surface area contributed by atoms with Gasteiger partial charge in [-0.15, -0.1) is 48.1 Å². The summed E-state index contributed by atoms with van der Waals surface area (Å²) in [6.45, 7) is 22.8. The molecule has 0 radical (unpaired) electrons. The molecule has 0 atom stereocenters. The Morgan fingerprint density at radius 3 is 1.62 bits per heavy atom. The summed E-state index contributed by atoms with van der Waals surface area (Å²) in [5.41, 5.74) is 14.2. The minimum atomic E-state index is -2.86. The first kappa shape index (κ1) is 56.9. The van der Waals surface area contributed by atoms with Crippen LogP contribution < -0.4 is 35.3 Å². The molecule has 85 heavy (non-hydrogen) atoms. The van der Waals surface area contributed by atoms with Crippen LogP contribution in [0.25, 0.3) is 49.9 Å². The number of aromatic nitrogens is 2. The van der Waals surface area contributed by atoms with Crippen molar-refractivity contribution in [2.45, 2.75) is 78.6 Å². The predicted octanol–water partition coefficient (Wildman–Crippen LogP) is 17.6.